The van der Waals surface area contributed by atoms with Crippen molar-refractivity contribution in [3.05, 3.63) is 52.2 Å². The molecule has 0 saturated heterocycles. The number of rotatable bonds is 8. The van der Waals surface area contributed by atoms with Crippen molar-refractivity contribution in [2.75, 3.05) is 14.2 Å². The maximum Gasteiger partial charge on any atom is 1.00 e. The summed E-state index contributed by atoms with van der Waals surface area (Å²) < 4.78 is 48.7. The molecule has 0 aliphatic heterocycles. The summed E-state index contributed by atoms with van der Waals surface area (Å²) in [5.74, 6) is 0.454. The van der Waals surface area contributed by atoms with Crippen molar-refractivity contribution >= 4 is 16.4 Å². The molecule has 0 saturated carbocycles. The maximum absolute atomic E-state index is 12.5. The smallest absolute Gasteiger partial charge is 0.493 e. The van der Waals surface area contributed by atoms with Gasteiger partial charge in [0, 0.05) is 0 Å². The molecule has 0 aliphatic carbocycles. The molecule has 0 radical (unpaired) electrons. The van der Waals surface area contributed by atoms with E-state index in [4.69, 9.17) is 18.4 Å². The molecule has 164 valence electrons. The molecule has 2 aromatic rings. The van der Waals surface area contributed by atoms with Crippen LogP contribution in [-0.4, -0.2) is 28.7 Å². The topological polar surface area (TPSA) is 102 Å². The molecule has 2 rings (SSSR count). The zero-order chi connectivity index (χ0) is 22.5. The van der Waals surface area contributed by atoms with E-state index in [9.17, 15) is 13.2 Å². The van der Waals surface area contributed by atoms with E-state index >= 15 is 0 Å². The van der Waals surface area contributed by atoms with Crippen LogP contribution in [0.5, 0.6) is 23.0 Å². The number of benzene rings is 2. The molecule has 8 nitrogen and oxygen atoms in total. The average molecular weight is 459 g/mol. The van der Waals surface area contributed by atoms with Gasteiger partial charge in [0.15, 0.2) is 11.5 Å². The van der Waals surface area contributed by atoms with E-state index in [2.05, 4.69) is 4.72 Å². The molecule has 0 atom stereocenters. The first-order chi connectivity index (χ1) is 14.1. The largest absolute Gasteiger partial charge is 1.00 e. The average Bonchev–Trinajstić information content (AvgIpc) is 2.66. The van der Waals surface area contributed by atoms with Gasteiger partial charge in [0.05, 0.1) is 14.2 Å². The summed E-state index contributed by atoms with van der Waals surface area (Å²) in [6.07, 6.45) is -1.38. The molecule has 0 aliphatic rings. The number of hydrogen-bond acceptors (Lipinski definition) is 7. The summed E-state index contributed by atoms with van der Waals surface area (Å²) in [5, 5.41) is 0. The molecule has 0 bridgehead atoms. The standard InChI is InChI=1S/C21H27NO7S.Na/c1-13(2)15-9-7-10-16(14(3)4)19(15)29-30(24,25)22-21(23)28-20-17(26-5)11-8-12-18(20)27-6;/h7-14H,1-6H3,(H,22,23);/q;+1/p-1. The Morgan fingerprint density at radius 2 is 1.29 bits per heavy atom. The van der Waals surface area contributed by atoms with Gasteiger partial charge in [-0.15, -0.1) is 0 Å². The van der Waals surface area contributed by atoms with Crippen molar-refractivity contribution in [3.8, 4) is 23.0 Å². The minimum atomic E-state index is -4.64. The van der Waals surface area contributed by atoms with E-state index < -0.39 is 16.4 Å². The number of carbonyl (C=O) groups excluding carboxylic acids is 1. The fraction of sp³-hybridized carbons (Fsp3) is 0.381. The van der Waals surface area contributed by atoms with Gasteiger partial charge in [0.25, 0.3) is 10.3 Å². The van der Waals surface area contributed by atoms with Crippen LogP contribution in [0.2, 0.25) is 0 Å². The van der Waals surface area contributed by atoms with Gasteiger partial charge in [-0.25, -0.2) is 8.42 Å². The molecule has 0 fully saturated rings. The van der Waals surface area contributed by atoms with Crippen molar-refractivity contribution in [2.45, 2.75) is 39.5 Å². The van der Waals surface area contributed by atoms with Crippen molar-refractivity contribution in [1.82, 2.24) is 0 Å². The number of ether oxygens (including phenoxy) is 3. The number of carbonyl (C=O) groups is 1. The van der Waals surface area contributed by atoms with E-state index in [0.717, 1.165) is 0 Å². The zero-order valence-corrected chi connectivity index (χ0v) is 21.6. The van der Waals surface area contributed by atoms with E-state index in [1.165, 1.54) is 26.4 Å². The minimum absolute atomic E-state index is 0. The Morgan fingerprint density at radius 1 is 0.839 bits per heavy atom. The van der Waals surface area contributed by atoms with Crippen molar-refractivity contribution in [3.63, 3.8) is 0 Å². The van der Waals surface area contributed by atoms with Gasteiger partial charge in [0.1, 0.15) is 5.75 Å². The molecule has 2 aromatic carbocycles. The van der Waals surface area contributed by atoms with E-state index in [1.54, 1.807) is 18.2 Å². The van der Waals surface area contributed by atoms with Crippen LogP contribution in [0, 0.1) is 0 Å². The Bertz CT molecular complexity index is 958. The van der Waals surface area contributed by atoms with Crippen LogP contribution in [0.3, 0.4) is 0 Å². The van der Waals surface area contributed by atoms with Crippen LogP contribution >= 0.6 is 0 Å². The van der Waals surface area contributed by atoms with Gasteiger partial charge in [-0.05, 0) is 35.1 Å². The minimum Gasteiger partial charge on any atom is -0.493 e. The fourth-order valence-electron chi connectivity index (χ4n) is 2.82. The Kier molecular flexibility index (Phi) is 10.2. The van der Waals surface area contributed by atoms with E-state index in [-0.39, 0.29) is 64.4 Å². The van der Waals surface area contributed by atoms with Crippen LogP contribution in [0.25, 0.3) is 4.72 Å². The molecule has 0 aromatic heterocycles. The Hall–Kier alpha value is -1.94. The summed E-state index contributed by atoms with van der Waals surface area (Å²) in [6, 6.07) is 10.1. The number of methoxy groups -OCH3 is 2. The summed E-state index contributed by atoms with van der Waals surface area (Å²) in [5.41, 5.74) is 1.39. The third-order valence-electron chi connectivity index (χ3n) is 4.27. The maximum atomic E-state index is 12.5. The molecule has 31 heavy (non-hydrogen) atoms. The summed E-state index contributed by atoms with van der Waals surface area (Å²) in [4.78, 5) is 12.2. The number of nitrogens with zero attached hydrogens (tertiary/aromatic N) is 1. The summed E-state index contributed by atoms with van der Waals surface area (Å²) in [7, 11) is -1.89. The molecular formula is C21H26NNaO7S. The molecular weight excluding hydrogens is 433 g/mol. The molecule has 1 amide bonds. The number of para-hydroxylation sites is 2. The predicted molar refractivity (Wildman–Crippen MR) is 113 cm³/mol. The van der Waals surface area contributed by atoms with Crippen LogP contribution < -0.4 is 48.0 Å². The second-order valence-electron chi connectivity index (χ2n) is 7.04. The number of hydrogen-bond donors (Lipinski definition) is 0. The third kappa shape index (κ3) is 7.03. The van der Waals surface area contributed by atoms with Crippen LogP contribution in [-0.2, 0) is 10.3 Å². The fourth-order valence-corrected chi connectivity index (χ4v) is 3.48. The van der Waals surface area contributed by atoms with Gasteiger partial charge < -0.3 is 23.1 Å². The first-order valence-electron chi connectivity index (χ1n) is 9.32. The zero-order valence-electron chi connectivity index (χ0n) is 18.8. The van der Waals surface area contributed by atoms with Gasteiger partial charge in [0.2, 0.25) is 11.8 Å². The van der Waals surface area contributed by atoms with Crippen molar-refractivity contribution in [1.29, 1.82) is 0 Å². The van der Waals surface area contributed by atoms with Gasteiger partial charge >= 0.3 is 29.6 Å². The quantitative estimate of drug-likeness (QED) is 0.558. The van der Waals surface area contributed by atoms with Crippen LogP contribution in [0.4, 0.5) is 4.79 Å². The van der Waals surface area contributed by atoms with Gasteiger partial charge in [-0.2, -0.15) is 0 Å². The molecule has 0 heterocycles. The van der Waals surface area contributed by atoms with Gasteiger partial charge in [-0.3, -0.25) is 4.79 Å². The second kappa shape index (κ2) is 11.6. The first-order valence-corrected chi connectivity index (χ1v) is 10.7. The summed E-state index contributed by atoms with van der Waals surface area (Å²) in [6.45, 7) is 7.66. The van der Waals surface area contributed by atoms with E-state index in [0.29, 0.717) is 11.1 Å². The first kappa shape index (κ1) is 27.1. The monoisotopic (exact) mass is 459 g/mol. The normalized spacial score (nSPS) is 11.0. The van der Waals surface area contributed by atoms with Crippen LogP contribution in [0.1, 0.15) is 50.7 Å². The van der Waals surface area contributed by atoms with Crippen LogP contribution in [0.15, 0.2) is 36.4 Å². The van der Waals surface area contributed by atoms with E-state index in [1.807, 2.05) is 33.8 Å². The molecule has 10 heteroatoms. The Labute approximate surface area is 205 Å². The SMILES string of the molecule is COc1cccc(OC)c1OC(=O)[N-]S(=O)(=O)Oc1c(C(C)C)cccc1C(C)C.[Na+]. The molecule has 0 N–H and O–H groups in total. The van der Waals surface area contributed by atoms with Gasteiger partial charge in [-0.1, -0.05) is 52.0 Å². The Morgan fingerprint density at radius 3 is 1.71 bits per heavy atom. The third-order valence-corrected chi connectivity index (χ3v) is 5.02. The molecule has 0 unspecified atom stereocenters. The number of amides is 1. The second-order valence-corrected chi connectivity index (χ2v) is 8.24. The summed E-state index contributed by atoms with van der Waals surface area (Å²) >= 11 is 0. The molecule has 0 spiro atoms. The van der Waals surface area contributed by atoms with Crippen molar-refractivity contribution in [2.24, 2.45) is 0 Å². The predicted octanol–water partition coefficient (Wildman–Crippen LogP) is 2.15. The Balaban J connectivity index is 0.00000480. The van der Waals surface area contributed by atoms with Crippen molar-refractivity contribution < 1.29 is 61.2 Å².